The van der Waals surface area contributed by atoms with Crippen LogP contribution in [-0.4, -0.2) is 42.0 Å². The minimum atomic E-state index is -0.0792. The molecule has 1 aromatic carbocycles. The van der Waals surface area contributed by atoms with E-state index in [0.29, 0.717) is 6.54 Å². The van der Waals surface area contributed by atoms with Crippen molar-refractivity contribution in [2.24, 2.45) is 14.1 Å². The molecular formula is C28H27N7O. The minimum Gasteiger partial charge on any atom is -0.339 e. The van der Waals surface area contributed by atoms with Crippen LogP contribution in [0.2, 0.25) is 0 Å². The van der Waals surface area contributed by atoms with Gasteiger partial charge in [-0.05, 0) is 49.1 Å². The van der Waals surface area contributed by atoms with Crippen molar-refractivity contribution in [1.82, 2.24) is 29.5 Å². The predicted octanol–water partition coefficient (Wildman–Crippen LogP) is 4.72. The standard InChI is InChI=1S/C28H27N7O/c1-6-24(36)35-10-9-18-7-8-19(11-23(18)35)26-25-16(2)21(22-14-31-34(5)17(22)3)13-29-28(25)32-27(26)20-12-30-33(4)15-20/h6-8,11-15H,1,9-10H2,2-5H3,(H,29,32). The van der Waals surface area contributed by atoms with Crippen LogP contribution in [0.3, 0.4) is 0 Å². The molecule has 5 heterocycles. The third kappa shape index (κ3) is 3.21. The van der Waals surface area contributed by atoms with Gasteiger partial charge in [0.1, 0.15) is 5.65 Å². The summed E-state index contributed by atoms with van der Waals surface area (Å²) < 4.78 is 3.67. The number of hydrogen-bond donors (Lipinski definition) is 1. The molecule has 8 heteroatoms. The van der Waals surface area contributed by atoms with Crippen molar-refractivity contribution in [3.8, 4) is 33.5 Å². The molecule has 0 bridgehead atoms. The molecule has 1 amide bonds. The largest absolute Gasteiger partial charge is 0.339 e. The predicted molar refractivity (Wildman–Crippen MR) is 142 cm³/mol. The van der Waals surface area contributed by atoms with E-state index in [9.17, 15) is 4.79 Å². The Labute approximate surface area is 208 Å². The van der Waals surface area contributed by atoms with Crippen molar-refractivity contribution < 1.29 is 4.79 Å². The van der Waals surface area contributed by atoms with Crippen LogP contribution in [0.4, 0.5) is 5.69 Å². The number of aromatic nitrogens is 6. The lowest BCUT2D eigenvalue weighted by Crippen LogP contribution is -2.26. The number of H-pyrrole nitrogens is 1. The number of carbonyl (C=O) groups excluding carboxylic acids is 1. The zero-order valence-electron chi connectivity index (χ0n) is 20.8. The summed E-state index contributed by atoms with van der Waals surface area (Å²) in [4.78, 5) is 22.7. The van der Waals surface area contributed by atoms with Crippen LogP contribution in [0.15, 0.2) is 55.6 Å². The lowest BCUT2D eigenvalue weighted by atomic mass is 9.93. The number of nitrogens with zero attached hydrogens (tertiary/aromatic N) is 6. The Bertz CT molecular complexity index is 1680. The lowest BCUT2D eigenvalue weighted by Gasteiger charge is -2.16. The molecule has 1 aliphatic heterocycles. The summed E-state index contributed by atoms with van der Waals surface area (Å²) in [6.45, 7) is 8.55. The number of benzene rings is 1. The number of anilines is 1. The Kier molecular flexibility index (Phi) is 4.93. The van der Waals surface area contributed by atoms with Crippen molar-refractivity contribution >= 4 is 22.6 Å². The van der Waals surface area contributed by atoms with Gasteiger partial charge in [-0.1, -0.05) is 18.7 Å². The third-order valence-electron chi connectivity index (χ3n) is 7.31. The maximum atomic E-state index is 12.5. The fraction of sp³-hybridized carbons (Fsp3) is 0.214. The van der Waals surface area contributed by atoms with Gasteiger partial charge in [-0.25, -0.2) is 4.98 Å². The summed E-state index contributed by atoms with van der Waals surface area (Å²) in [5, 5.41) is 9.90. The topological polar surface area (TPSA) is 84.6 Å². The van der Waals surface area contributed by atoms with Gasteiger partial charge in [0.25, 0.3) is 0 Å². The number of hydrogen-bond acceptors (Lipinski definition) is 4. The number of pyridine rings is 1. The molecule has 0 aliphatic carbocycles. The maximum Gasteiger partial charge on any atom is 0.250 e. The molecule has 1 N–H and O–H groups in total. The molecule has 8 nitrogen and oxygen atoms in total. The van der Waals surface area contributed by atoms with Crippen molar-refractivity contribution in [3.05, 3.63) is 72.5 Å². The van der Waals surface area contributed by atoms with E-state index < -0.39 is 0 Å². The van der Waals surface area contributed by atoms with Gasteiger partial charge in [0, 0.05) is 72.1 Å². The molecule has 36 heavy (non-hydrogen) atoms. The number of carbonyl (C=O) groups is 1. The van der Waals surface area contributed by atoms with E-state index in [0.717, 1.165) is 67.9 Å². The summed E-state index contributed by atoms with van der Waals surface area (Å²) in [5.74, 6) is -0.0792. The van der Waals surface area contributed by atoms with Crippen LogP contribution in [0.1, 0.15) is 16.8 Å². The first kappa shape index (κ1) is 22.0. The number of aromatic amines is 1. The zero-order valence-corrected chi connectivity index (χ0v) is 20.8. The molecule has 0 saturated heterocycles. The molecule has 0 fully saturated rings. The average Bonchev–Trinajstić information content (AvgIpc) is 3.65. The summed E-state index contributed by atoms with van der Waals surface area (Å²) in [7, 11) is 3.86. The summed E-state index contributed by atoms with van der Waals surface area (Å²) in [5.41, 5.74) is 11.2. The number of aryl methyl sites for hydroxylation is 3. The van der Waals surface area contributed by atoms with E-state index in [1.54, 1.807) is 9.58 Å². The van der Waals surface area contributed by atoms with E-state index in [1.807, 2.05) is 43.6 Å². The highest BCUT2D eigenvalue weighted by Gasteiger charge is 2.26. The molecule has 6 rings (SSSR count). The highest BCUT2D eigenvalue weighted by molar-refractivity contribution is 6.08. The molecular weight excluding hydrogens is 450 g/mol. The fourth-order valence-electron chi connectivity index (χ4n) is 5.27. The molecule has 0 unspecified atom stereocenters. The summed E-state index contributed by atoms with van der Waals surface area (Å²) >= 11 is 0. The molecule has 5 aromatic rings. The van der Waals surface area contributed by atoms with E-state index in [-0.39, 0.29) is 5.91 Å². The Hall–Kier alpha value is -4.46. The van der Waals surface area contributed by atoms with Crippen LogP contribution in [-0.2, 0) is 25.3 Å². The van der Waals surface area contributed by atoms with Crippen molar-refractivity contribution in [3.63, 3.8) is 0 Å². The van der Waals surface area contributed by atoms with Gasteiger partial charge in [0.2, 0.25) is 5.91 Å². The third-order valence-corrected chi connectivity index (χ3v) is 7.31. The van der Waals surface area contributed by atoms with E-state index >= 15 is 0 Å². The fourth-order valence-corrected chi connectivity index (χ4v) is 5.27. The highest BCUT2D eigenvalue weighted by Crippen LogP contribution is 2.43. The number of nitrogens with one attached hydrogen (secondary N) is 1. The molecule has 0 atom stereocenters. The first-order valence-corrected chi connectivity index (χ1v) is 11.9. The SMILES string of the molecule is C=CC(=O)N1CCc2ccc(-c3c(-c4cnn(C)c4)[nH]c4ncc(-c5cnn(C)c5C)c(C)c34)cc21. The molecule has 0 radical (unpaired) electrons. The quantitative estimate of drug-likeness (QED) is 0.380. The van der Waals surface area contributed by atoms with Gasteiger partial charge in [0.15, 0.2) is 0 Å². The van der Waals surface area contributed by atoms with Gasteiger partial charge in [0.05, 0.1) is 18.1 Å². The van der Waals surface area contributed by atoms with Gasteiger partial charge in [-0.3, -0.25) is 14.2 Å². The van der Waals surface area contributed by atoms with Gasteiger partial charge < -0.3 is 9.88 Å². The second kappa shape index (κ2) is 8.05. The van der Waals surface area contributed by atoms with Crippen LogP contribution < -0.4 is 4.90 Å². The zero-order chi connectivity index (χ0) is 25.1. The van der Waals surface area contributed by atoms with Gasteiger partial charge in [-0.15, -0.1) is 0 Å². The van der Waals surface area contributed by atoms with Crippen LogP contribution >= 0.6 is 0 Å². The average molecular weight is 478 g/mol. The van der Waals surface area contributed by atoms with Gasteiger partial charge >= 0.3 is 0 Å². The van der Waals surface area contributed by atoms with E-state index in [1.165, 1.54) is 11.6 Å². The molecule has 1 aliphatic rings. The smallest absolute Gasteiger partial charge is 0.250 e. The van der Waals surface area contributed by atoms with Crippen molar-refractivity contribution in [2.45, 2.75) is 20.3 Å². The van der Waals surface area contributed by atoms with E-state index in [2.05, 4.69) is 53.8 Å². The second-order valence-electron chi connectivity index (χ2n) is 9.35. The Morgan fingerprint density at radius 1 is 1.08 bits per heavy atom. The maximum absolute atomic E-state index is 12.5. The molecule has 0 spiro atoms. The summed E-state index contributed by atoms with van der Waals surface area (Å²) in [6, 6.07) is 6.39. The molecule has 180 valence electrons. The minimum absolute atomic E-state index is 0.0792. The van der Waals surface area contributed by atoms with Crippen LogP contribution in [0.25, 0.3) is 44.5 Å². The lowest BCUT2D eigenvalue weighted by molar-refractivity contribution is -0.114. The Balaban J connectivity index is 1.64. The number of amides is 1. The van der Waals surface area contributed by atoms with E-state index in [4.69, 9.17) is 4.98 Å². The van der Waals surface area contributed by atoms with Crippen molar-refractivity contribution in [1.29, 1.82) is 0 Å². The van der Waals surface area contributed by atoms with Crippen LogP contribution in [0.5, 0.6) is 0 Å². The monoisotopic (exact) mass is 477 g/mol. The van der Waals surface area contributed by atoms with Gasteiger partial charge in [-0.2, -0.15) is 10.2 Å². The Morgan fingerprint density at radius 3 is 2.61 bits per heavy atom. The molecule has 0 saturated carbocycles. The number of rotatable bonds is 4. The first-order valence-electron chi connectivity index (χ1n) is 11.9. The second-order valence-corrected chi connectivity index (χ2v) is 9.35. The normalized spacial score (nSPS) is 12.9. The van der Waals surface area contributed by atoms with Crippen molar-refractivity contribution in [2.75, 3.05) is 11.4 Å². The first-order chi connectivity index (χ1) is 17.4. The highest BCUT2D eigenvalue weighted by atomic mass is 16.2. The number of fused-ring (bicyclic) bond motifs is 2. The van der Waals surface area contributed by atoms with Crippen LogP contribution in [0, 0.1) is 13.8 Å². The summed E-state index contributed by atoms with van der Waals surface area (Å²) in [6.07, 6.45) is 9.89. The Morgan fingerprint density at radius 2 is 1.92 bits per heavy atom. The molecule has 4 aromatic heterocycles.